The van der Waals surface area contributed by atoms with Crippen molar-refractivity contribution in [1.82, 2.24) is 0 Å². The van der Waals surface area contributed by atoms with E-state index in [4.69, 9.17) is 4.55 Å². The molecule has 0 saturated heterocycles. The van der Waals surface area contributed by atoms with Crippen LogP contribution in [0.5, 0.6) is 0 Å². The molecule has 0 heterocycles. The van der Waals surface area contributed by atoms with Gasteiger partial charge in [-0.15, -0.1) is 0 Å². The lowest BCUT2D eigenvalue weighted by Crippen LogP contribution is -2.16. The molecule has 1 aliphatic carbocycles. The van der Waals surface area contributed by atoms with Crippen molar-refractivity contribution >= 4 is 21.7 Å². The summed E-state index contributed by atoms with van der Waals surface area (Å²) in [5, 5.41) is 0. The fraction of sp³-hybridized carbons (Fsp3) is 0. The second-order valence-corrected chi connectivity index (χ2v) is 4.61. The first-order valence-corrected chi connectivity index (χ1v) is 5.72. The number of rotatable bonds is 1. The molecular formula is C10H6O5S. The molecule has 0 unspecified atom stereocenters. The zero-order valence-corrected chi connectivity index (χ0v) is 8.69. The van der Waals surface area contributed by atoms with Gasteiger partial charge in [-0.2, -0.15) is 8.42 Å². The molecule has 0 fully saturated rings. The molecular weight excluding hydrogens is 232 g/mol. The molecule has 0 atom stereocenters. The van der Waals surface area contributed by atoms with Gasteiger partial charge in [0.05, 0.1) is 5.56 Å². The highest BCUT2D eigenvalue weighted by molar-refractivity contribution is 7.86. The van der Waals surface area contributed by atoms with Crippen LogP contribution < -0.4 is 0 Å². The molecule has 0 bridgehead atoms. The Kier molecular flexibility index (Phi) is 2.25. The molecule has 6 heteroatoms. The van der Waals surface area contributed by atoms with Crippen LogP contribution in [0.3, 0.4) is 0 Å². The smallest absolute Gasteiger partial charge is 0.289 e. The number of hydrogen-bond donors (Lipinski definition) is 1. The SMILES string of the molecule is O=C1C=CC(=O)c2c1cccc2S(=O)(=O)O. The first-order valence-electron chi connectivity index (χ1n) is 4.28. The fourth-order valence-electron chi connectivity index (χ4n) is 1.53. The Labute approximate surface area is 91.1 Å². The van der Waals surface area contributed by atoms with Crippen LogP contribution >= 0.6 is 0 Å². The Morgan fingerprint density at radius 3 is 2.25 bits per heavy atom. The van der Waals surface area contributed by atoms with Gasteiger partial charge in [-0.1, -0.05) is 12.1 Å². The number of fused-ring (bicyclic) bond motifs is 1. The van der Waals surface area contributed by atoms with E-state index in [0.717, 1.165) is 18.2 Å². The molecule has 0 aliphatic heterocycles. The monoisotopic (exact) mass is 238 g/mol. The van der Waals surface area contributed by atoms with Crippen molar-refractivity contribution in [3.63, 3.8) is 0 Å². The number of hydrogen-bond acceptors (Lipinski definition) is 4. The van der Waals surface area contributed by atoms with Gasteiger partial charge in [0.15, 0.2) is 11.6 Å². The summed E-state index contributed by atoms with van der Waals surface area (Å²) in [7, 11) is -4.51. The van der Waals surface area contributed by atoms with Crippen molar-refractivity contribution in [3.8, 4) is 0 Å². The lowest BCUT2D eigenvalue weighted by atomic mass is 9.95. The van der Waals surface area contributed by atoms with Gasteiger partial charge in [0.25, 0.3) is 10.1 Å². The third-order valence-electron chi connectivity index (χ3n) is 2.20. The van der Waals surface area contributed by atoms with Crippen molar-refractivity contribution < 1.29 is 22.6 Å². The predicted molar refractivity (Wildman–Crippen MR) is 54.1 cm³/mol. The summed E-state index contributed by atoms with van der Waals surface area (Å²) in [5.41, 5.74) is -0.278. The second kappa shape index (κ2) is 3.36. The Bertz CT molecular complexity index is 625. The molecule has 2 rings (SSSR count). The summed E-state index contributed by atoms with van der Waals surface area (Å²) in [5.74, 6) is -1.07. The van der Waals surface area contributed by atoms with Crippen LogP contribution in [0, 0.1) is 0 Å². The van der Waals surface area contributed by atoms with Gasteiger partial charge in [0.2, 0.25) is 0 Å². The number of allylic oxidation sites excluding steroid dienone is 2. The Morgan fingerprint density at radius 2 is 1.62 bits per heavy atom. The first kappa shape index (κ1) is 10.7. The van der Waals surface area contributed by atoms with Gasteiger partial charge in [0, 0.05) is 5.56 Å². The molecule has 0 amide bonds. The highest BCUT2D eigenvalue weighted by Gasteiger charge is 2.26. The summed E-state index contributed by atoms with van der Waals surface area (Å²) in [4.78, 5) is 22.3. The first-order chi connectivity index (χ1) is 7.41. The molecule has 0 spiro atoms. The van der Waals surface area contributed by atoms with Gasteiger partial charge in [-0.3, -0.25) is 14.1 Å². The van der Waals surface area contributed by atoms with Crippen LogP contribution in [-0.4, -0.2) is 24.5 Å². The molecule has 5 nitrogen and oxygen atoms in total. The minimum Gasteiger partial charge on any atom is -0.289 e. The Balaban J connectivity index is 2.85. The molecule has 0 radical (unpaired) electrons. The third-order valence-corrected chi connectivity index (χ3v) is 3.10. The summed E-state index contributed by atoms with van der Waals surface area (Å²) < 4.78 is 31.0. The summed E-state index contributed by atoms with van der Waals surface area (Å²) in [6, 6.07) is 3.72. The van der Waals surface area contributed by atoms with E-state index in [2.05, 4.69) is 0 Å². The number of ketones is 2. The number of benzene rings is 1. The van der Waals surface area contributed by atoms with E-state index in [1.807, 2.05) is 0 Å². The highest BCUT2D eigenvalue weighted by atomic mass is 32.2. The molecule has 16 heavy (non-hydrogen) atoms. The molecule has 0 saturated carbocycles. The molecule has 1 aromatic rings. The normalized spacial score (nSPS) is 15.1. The van der Waals surface area contributed by atoms with Gasteiger partial charge in [-0.05, 0) is 18.2 Å². The van der Waals surface area contributed by atoms with Crippen LogP contribution in [0.1, 0.15) is 20.7 Å². The van der Waals surface area contributed by atoms with Crippen LogP contribution in [0.15, 0.2) is 35.2 Å². The Hall–Kier alpha value is -1.79. The van der Waals surface area contributed by atoms with Crippen LogP contribution in [-0.2, 0) is 10.1 Å². The van der Waals surface area contributed by atoms with Crippen molar-refractivity contribution in [2.75, 3.05) is 0 Å². The second-order valence-electron chi connectivity index (χ2n) is 3.22. The predicted octanol–water partition coefficient (Wildman–Crippen LogP) is 0.869. The van der Waals surface area contributed by atoms with Crippen molar-refractivity contribution in [1.29, 1.82) is 0 Å². The van der Waals surface area contributed by atoms with Crippen molar-refractivity contribution in [3.05, 3.63) is 41.5 Å². The zero-order chi connectivity index (χ0) is 11.9. The van der Waals surface area contributed by atoms with Crippen molar-refractivity contribution in [2.45, 2.75) is 4.90 Å². The van der Waals surface area contributed by atoms with Gasteiger partial charge < -0.3 is 0 Å². The summed E-state index contributed by atoms with van der Waals surface area (Å²) >= 11 is 0. The minimum atomic E-state index is -4.51. The maximum Gasteiger partial charge on any atom is 0.295 e. The van der Waals surface area contributed by atoms with E-state index >= 15 is 0 Å². The van der Waals surface area contributed by atoms with E-state index in [9.17, 15) is 18.0 Å². The van der Waals surface area contributed by atoms with E-state index in [0.29, 0.717) is 0 Å². The minimum absolute atomic E-state index is 0.0115. The average Bonchev–Trinajstić information content (AvgIpc) is 2.22. The zero-order valence-electron chi connectivity index (χ0n) is 7.88. The van der Waals surface area contributed by atoms with Crippen LogP contribution in [0.4, 0.5) is 0 Å². The largest absolute Gasteiger partial charge is 0.295 e. The van der Waals surface area contributed by atoms with E-state index < -0.39 is 26.6 Å². The lowest BCUT2D eigenvalue weighted by Gasteiger charge is -2.11. The van der Waals surface area contributed by atoms with Crippen LogP contribution in [0.2, 0.25) is 0 Å². The topological polar surface area (TPSA) is 88.5 Å². The quantitative estimate of drug-likeness (QED) is 0.733. The highest BCUT2D eigenvalue weighted by Crippen LogP contribution is 2.24. The number of carbonyl (C=O) groups is 2. The third kappa shape index (κ3) is 1.58. The molecule has 0 aromatic heterocycles. The fourth-order valence-corrected chi connectivity index (χ4v) is 2.25. The molecule has 1 aliphatic rings. The summed E-state index contributed by atoms with van der Waals surface area (Å²) in [6.07, 6.45) is 2.05. The van der Waals surface area contributed by atoms with E-state index in [-0.39, 0.29) is 11.1 Å². The van der Waals surface area contributed by atoms with E-state index in [1.54, 1.807) is 0 Å². The van der Waals surface area contributed by atoms with E-state index in [1.165, 1.54) is 12.1 Å². The molecule has 1 aromatic carbocycles. The van der Waals surface area contributed by atoms with Gasteiger partial charge in [0.1, 0.15) is 4.90 Å². The van der Waals surface area contributed by atoms with Crippen LogP contribution in [0.25, 0.3) is 0 Å². The Morgan fingerprint density at radius 1 is 1.00 bits per heavy atom. The molecule has 82 valence electrons. The standard InChI is InChI=1S/C10H6O5S/c11-7-4-5-8(12)10-6(7)2-1-3-9(10)16(13,14)15/h1-5H,(H,13,14,15). The number of carbonyl (C=O) groups excluding carboxylic acids is 2. The van der Waals surface area contributed by atoms with Gasteiger partial charge in [-0.25, -0.2) is 0 Å². The maximum absolute atomic E-state index is 11.5. The van der Waals surface area contributed by atoms with Gasteiger partial charge >= 0.3 is 0 Å². The maximum atomic E-state index is 11.5. The van der Waals surface area contributed by atoms with Crippen molar-refractivity contribution in [2.24, 2.45) is 0 Å². The lowest BCUT2D eigenvalue weighted by molar-refractivity contribution is 0.0991. The average molecular weight is 238 g/mol. The molecule has 1 N–H and O–H groups in total. The summed E-state index contributed by atoms with van der Waals surface area (Å²) in [6.45, 7) is 0.